The van der Waals surface area contributed by atoms with Crippen LogP contribution in [0.5, 0.6) is 5.75 Å². The predicted octanol–water partition coefficient (Wildman–Crippen LogP) is 4.27. The zero-order valence-electron chi connectivity index (χ0n) is 15.0. The first-order valence-corrected chi connectivity index (χ1v) is 9.36. The Kier molecular flexibility index (Phi) is 6.05. The molecule has 0 aliphatic rings. The Bertz CT molecular complexity index is 1020. The SMILES string of the molecule is CC(C)c1ccccc1OCC(O)Cn1cnc2c(Cl)cc(Cl)cc2c1=O. The first-order valence-electron chi connectivity index (χ1n) is 8.60. The fourth-order valence-electron chi connectivity index (χ4n) is 2.88. The molecule has 3 aromatic rings. The molecule has 0 amide bonds. The van der Waals surface area contributed by atoms with Gasteiger partial charge in [-0.25, -0.2) is 4.98 Å². The summed E-state index contributed by atoms with van der Waals surface area (Å²) >= 11 is 12.1. The molecule has 0 spiro atoms. The number of nitrogens with zero attached hydrogens (tertiary/aromatic N) is 2. The zero-order chi connectivity index (χ0) is 19.6. The lowest BCUT2D eigenvalue weighted by Gasteiger charge is -2.17. The van der Waals surface area contributed by atoms with E-state index in [1.165, 1.54) is 23.0 Å². The third-order valence-electron chi connectivity index (χ3n) is 4.23. The lowest BCUT2D eigenvalue weighted by Crippen LogP contribution is -2.30. The summed E-state index contributed by atoms with van der Waals surface area (Å²) in [6, 6.07) is 10.8. The maximum absolute atomic E-state index is 12.6. The average molecular weight is 407 g/mol. The molecule has 1 aromatic heterocycles. The second-order valence-electron chi connectivity index (χ2n) is 6.64. The maximum atomic E-state index is 12.6. The van der Waals surface area contributed by atoms with Crippen LogP contribution in [-0.2, 0) is 6.54 Å². The highest BCUT2D eigenvalue weighted by Crippen LogP contribution is 2.26. The van der Waals surface area contributed by atoms with Crippen molar-refractivity contribution < 1.29 is 9.84 Å². The van der Waals surface area contributed by atoms with Crippen molar-refractivity contribution in [2.24, 2.45) is 0 Å². The van der Waals surface area contributed by atoms with Crippen LogP contribution in [0.3, 0.4) is 0 Å². The van der Waals surface area contributed by atoms with E-state index in [9.17, 15) is 9.90 Å². The minimum Gasteiger partial charge on any atom is -0.491 e. The highest BCUT2D eigenvalue weighted by Gasteiger charge is 2.14. The van der Waals surface area contributed by atoms with Crippen molar-refractivity contribution in [2.75, 3.05) is 6.61 Å². The Morgan fingerprint density at radius 2 is 1.96 bits per heavy atom. The van der Waals surface area contributed by atoms with Crippen molar-refractivity contribution in [3.8, 4) is 5.75 Å². The zero-order valence-corrected chi connectivity index (χ0v) is 16.5. The second kappa shape index (κ2) is 8.30. The van der Waals surface area contributed by atoms with Crippen molar-refractivity contribution in [3.63, 3.8) is 0 Å². The molecule has 0 saturated heterocycles. The lowest BCUT2D eigenvalue weighted by atomic mass is 10.0. The molecule has 0 bridgehead atoms. The first kappa shape index (κ1) is 19.7. The van der Waals surface area contributed by atoms with Crippen LogP contribution in [0.25, 0.3) is 10.9 Å². The van der Waals surface area contributed by atoms with E-state index in [-0.39, 0.29) is 18.7 Å². The number of halogens is 2. The third-order valence-corrected chi connectivity index (χ3v) is 4.73. The van der Waals surface area contributed by atoms with E-state index < -0.39 is 6.10 Å². The topological polar surface area (TPSA) is 64.3 Å². The number of hydrogen-bond donors (Lipinski definition) is 1. The standard InChI is InChI=1S/C20H20Cl2N2O3/c1-12(2)15-5-3-4-6-18(15)27-10-14(25)9-24-11-23-19-16(20(24)26)7-13(21)8-17(19)22/h3-8,11-12,14,25H,9-10H2,1-2H3. The molecule has 1 atom stereocenters. The molecule has 0 fully saturated rings. The average Bonchev–Trinajstić information content (AvgIpc) is 2.63. The number of rotatable bonds is 6. The smallest absolute Gasteiger partial charge is 0.261 e. The van der Waals surface area contributed by atoms with Gasteiger partial charge in [0.05, 0.1) is 28.8 Å². The quantitative estimate of drug-likeness (QED) is 0.663. The summed E-state index contributed by atoms with van der Waals surface area (Å²) < 4.78 is 7.10. The number of aliphatic hydroxyl groups excluding tert-OH is 1. The van der Waals surface area contributed by atoms with E-state index in [4.69, 9.17) is 27.9 Å². The van der Waals surface area contributed by atoms with Gasteiger partial charge in [0.2, 0.25) is 0 Å². The van der Waals surface area contributed by atoms with Gasteiger partial charge < -0.3 is 9.84 Å². The maximum Gasteiger partial charge on any atom is 0.261 e. The number of fused-ring (bicyclic) bond motifs is 1. The van der Waals surface area contributed by atoms with Crippen LogP contribution >= 0.6 is 23.2 Å². The van der Waals surface area contributed by atoms with E-state index in [1.54, 1.807) is 0 Å². The van der Waals surface area contributed by atoms with Crippen LogP contribution in [0.2, 0.25) is 10.0 Å². The van der Waals surface area contributed by atoms with Gasteiger partial charge in [-0.2, -0.15) is 0 Å². The number of aromatic nitrogens is 2. The predicted molar refractivity (Wildman–Crippen MR) is 108 cm³/mol. The summed E-state index contributed by atoms with van der Waals surface area (Å²) in [7, 11) is 0. The lowest BCUT2D eigenvalue weighted by molar-refractivity contribution is 0.0909. The van der Waals surface area contributed by atoms with Gasteiger partial charge in [-0.3, -0.25) is 9.36 Å². The number of para-hydroxylation sites is 1. The molecule has 0 aliphatic heterocycles. The molecular formula is C20H20Cl2N2O3. The van der Waals surface area contributed by atoms with Crippen molar-refractivity contribution in [1.29, 1.82) is 0 Å². The van der Waals surface area contributed by atoms with Crippen LogP contribution in [0.4, 0.5) is 0 Å². The Hall–Kier alpha value is -2.08. The summed E-state index contributed by atoms with van der Waals surface area (Å²) in [5, 5.41) is 11.3. The van der Waals surface area contributed by atoms with Crippen molar-refractivity contribution in [3.05, 3.63) is 68.7 Å². The van der Waals surface area contributed by atoms with Gasteiger partial charge in [0.25, 0.3) is 5.56 Å². The van der Waals surface area contributed by atoms with Crippen molar-refractivity contribution in [1.82, 2.24) is 9.55 Å². The van der Waals surface area contributed by atoms with Gasteiger partial charge in [0, 0.05) is 5.02 Å². The van der Waals surface area contributed by atoms with E-state index in [0.29, 0.717) is 26.9 Å². The minimum absolute atomic E-state index is 0.0513. The molecule has 27 heavy (non-hydrogen) atoms. The summed E-state index contributed by atoms with van der Waals surface area (Å²) in [6.07, 6.45) is 0.493. The normalized spacial score (nSPS) is 12.5. The van der Waals surface area contributed by atoms with Gasteiger partial charge >= 0.3 is 0 Å². The van der Waals surface area contributed by atoms with Crippen LogP contribution in [0.1, 0.15) is 25.3 Å². The molecule has 142 valence electrons. The summed E-state index contributed by atoms with van der Waals surface area (Å²) in [5.41, 5.74) is 1.14. The molecule has 5 nitrogen and oxygen atoms in total. The number of benzene rings is 2. The Morgan fingerprint density at radius 3 is 2.70 bits per heavy atom. The molecule has 2 aromatic carbocycles. The van der Waals surface area contributed by atoms with E-state index in [2.05, 4.69) is 18.8 Å². The highest BCUT2D eigenvalue weighted by molar-refractivity contribution is 6.38. The first-order chi connectivity index (χ1) is 12.9. The Labute approximate surface area is 167 Å². The highest BCUT2D eigenvalue weighted by atomic mass is 35.5. The Morgan fingerprint density at radius 1 is 1.22 bits per heavy atom. The summed E-state index contributed by atoms with van der Waals surface area (Å²) in [4.78, 5) is 16.9. The molecule has 7 heteroatoms. The number of hydrogen-bond acceptors (Lipinski definition) is 4. The van der Waals surface area contributed by atoms with Crippen LogP contribution in [0, 0.1) is 0 Å². The van der Waals surface area contributed by atoms with Crippen LogP contribution in [-0.4, -0.2) is 27.4 Å². The van der Waals surface area contributed by atoms with Crippen molar-refractivity contribution >= 4 is 34.1 Å². The van der Waals surface area contributed by atoms with E-state index in [0.717, 1.165) is 11.3 Å². The van der Waals surface area contributed by atoms with E-state index >= 15 is 0 Å². The molecule has 0 radical (unpaired) electrons. The third kappa shape index (κ3) is 4.43. The fraction of sp³-hybridized carbons (Fsp3) is 0.300. The van der Waals surface area contributed by atoms with Crippen LogP contribution in [0.15, 0.2) is 47.5 Å². The molecule has 1 N–H and O–H groups in total. The summed E-state index contributed by atoms with van der Waals surface area (Å²) in [6.45, 7) is 4.27. The molecular weight excluding hydrogens is 387 g/mol. The number of aliphatic hydroxyl groups is 1. The molecule has 0 saturated carbocycles. The van der Waals surface area contributed by atoms with Gasteiger partial charge in [-0.15, -0.1) is 0 Å². The van der Waals surface area contributed by atoms with Gasteiger partial charge in [0.1, 0.15) is 18.5 Å². The van der Waals surface area contributed by atoms with Crippen LogP contribution < -0.4 is 10.3 Å². The van der Waals surface area contributed by atoms with Gasteiger partial charge in [-0.05, 0) is 29.7 Å². The Balaban J connectivity index is 1.76. The summed E-state index contributed by atoms with van der Waals surface area (Å²) in [5.74, 6) is 1.04. The molecule has 1 heterocycles. The second-order valence-corrected chi connectivity index (χ2v) is 7.49. The molecule has 3 rings (SSSR count). The van der Waals surface area contributed by atoms with E-state index in [1.807, 2.05) is 24.3 Å². The van der Waals surface area contributed by atoms with Crippen molar-refractivity contribution in [2.45, 2.75) is 32.4 Å². The molecule has 1 unspecified atom stereocenters. The largest absolute Gasteiger partial charge is 0.491 e. The van der Waals surface area contributed by atoms with Gasteiger partial charge in [0.15, 0.2) is 0 Å². The van der Waals surface area contributed by atoms with Gasteiger partial charge in [-0.1, -0.05) is 55.2 Å². The minimum atomic E-state index is -0.878. The fourth-order valence-corrected chi connectivity index (χ4v) is 3.42. The monoisotopic (exact) mass is 406 g/mol. The number of ether oxygens (including phenoxy) is 1. The molecule has 0 aliphatic carbocycles.